The molecule has 2 amide bonds. The van der Waals surface area contributed by atoms with Crippen LogP contribution in [0.15, 0.2) is 114 Å². The van der Waals surface area contributed by atoms with Crippen LogP contribution in [0.5, 0.6) is 0 Å². The molecule has 1 saturated heterocycles. The lowest BCUT2D eigenvalue weighted by Gasteiger charge is -2.24. The van der Waals surface area contributed by atoms with Gasteiger partial charge in [-0.2, -0.15) is 8.42 Å². The van der Waals surface area contributed by atoms with E-state index in [0.717, 1.165) is 23.6 Å². The Morgan fingerprint density at radius 1 is 0.830 bits per heavy atom. The van der Waals surface area contributed by atoms with Gasteiger partial charge in [0, 0.05) is 12.5 Å². The lowest BCUT2D eigenvalue weighted by atomic mass is 10.1. The highest BCUT2D eigenvalue weighted by atomic mass is 32.2. The second-order valence-electron chi connectivity index (χ2n) is 10.6. The first-order valence-electron chi connectivity index (χ1n) is 14.6. The van der Waals surface area contributed by atoms with Gasteiger partial charge in [0.15, 0.2) is 5.78 Å². The number of nitrogens with one attached hydrogen (secondary N) is 3. The number of benzene rings is 3. The van der Waals surface area contributed by atoms with Crippen molar-refractivity contribution in [1.29, 1.82) is 0 Å². The van der Waals surface area contributed by atoms with Gasteiger partial charge in [-0.1, -0.05) is 78.9 Å². The molecule has 1 fully saturated rings. The molecule has 3 N–H and O–H groups in total. The summed E-state index contributed by atoms with van der Waals surface area (Å²) in [6.07, 6.45) is 0.0402. The molecule has 3 aromatic carbocycles. The first-order chi connectivity index (χ1) is 22.6. The summed E-state index contributed by atoms with van der Waals surface area (Å²) in [6, 6.07) is 25.9. The van der Waals surface area contributed by atoms with Crippen molar-refractivity contribution in [2.45, 2.75) is 38.4 Å². The molecule has 4 rings (SSSR count). The number of allylic oxidation sites excluding steroid dienone is 1. The molecule has 1 aliphatic heterocycles. The standard InChI is InChI=1S/C34H37N3O9S/c1-23(38)27(21-43-2)36-34(40)30(37-33(39)26-17-11-6-12-18-26)29-32(45-20-25-15-9-5-10-16-25)31(28(35-29)22-46-47(3,41)42)44-19-24-13-7-4-8-14-24/h4-18,21,28,31-32,35H,19-20,22H2,1-3H3,(H,36,40)(H,37,39)/b27-21-,30-29+/t28-,31+,32+/m0/s1. The molecule has 0 spiro atoms. The van der Waals surface area contributed by atoms with Crippen LogP contribution in [-0.2, 0) is 51.3 Å². The van der Waals surface area contributed by atoms with Crippen LogP contribution in [-0.4, -0.2) is 64.2 Å². The molecule has 0 aromatic heterocycles. The lowest BCUT2D eigenvalue weighted by Crippen LogP contribution is -2.40. The minimum atomic E-state index is -3.88. The second kappa shape index (κ2) is 16.7. The van der Waals surface area contributed by atoms with Crippen molar-refractivity contribution < 1.29 is 41.2 Å². The fourth-order valence-electron chi connectivity index (χ4n) is 4.72. The van der Waals surface area contributed by atoms with E-state index < -0.39 is 46.0 Å². The summed E-state index contributed by atoms with van der Waals surface area (Å²) >= 11 is 0. The van der Waals surface area contributed by atoms with Crippen LogP contribution in [0.1, 0.15) is 28.4 Å². The number of methoxy groups -OCH3 is 1. The van der Waals surface area contributed by atoms with E-state index in [1.54, 1.807) is 30.3 Å². The molecule has 1 heterocycles. The van der Waals surface area contributed by atoms with Crippen LogP contribution in [0, 0.1) is 0 Å². The molecule has 248 valence electrons. The van der Waals surface area contributed by atoms with Gasteiger partial charge in [0.05, 0.1) is 44.9 Å². The highest BCUT2D eigenvalue weighted by molar-refractivity contribution is 7.85. The monoisotopic (exact) mass is 663 g/mol. The molecule has 3 aromatic rings. The zero-order valence-corrected chi connectivity index (χ0v) is 27.0. The Labute approximate surface area is 273 Å². The molecule has 0 saturated carbocycles. The van der Waals surface area contributed by atoms with Crippen molar-refractivity contribution in [3.8, 4) is 0 Å². The quantitative estimate of drug-likeness (QED) is 0.125. The van der Waals surface area contributed by atoms with Crippen molar-refractivity contribution in [1.82, 2.24) is 16.0 Å². The number of hydrogen-bond donors (Lipinski definition) is 3. The fraction of sp³-hybridized carbons (Fsp3) is 0.265. The predicted molar refractivity (Wildman–Crippen MR) is 173 cm³/mol. The van der Waals surface area contributed by atoms with Gasteiger partial charge in [-0.3, -0.25) is 18.6 Å². The van der Waals surface area contributed by atoms with E-state index in [4.69, 9.17) is 18.4 Å². The number of Topliss-reactive ketones (excluding diaryl/α,β-unsaturated/α-hetero) is 1. The largest absolute Gasteiger partial charge is 0.502 e. The van der Waals surface area contributed by atoms with Gasteiger partial charge in [0.1, 0.15) is 29.9 Å². The highest BCUT2D eigenvalue weighted by Crippen LogP contribution is 2.29. The summed E-state index contributed by atoms with van der Waals surface area (Å²) in [5, 5.41) is 8.31. The van der Waals surface area contributed by atoms with E-state index in [1.807, 2.05) is 60.7 Å². The number of amides is 2. The number of carbonyl (C=O) groups excluding carboxylic acids is 3. The molecule has 0 radical (unpaired) electrons. The number of ether oxygens (including phenoxy) is 3. The maximum Gasteiger partial charge on any atom is 0.274 e. The van der Waals surface area contributed by atoms with Crippen LogP contribution >= 0.6 is 0 Å². The van der Waals surface area contributed by atoms with Crippen LogP contribution in [0.4, 0.5) is 0 Å². The van der Waals surface area contributed by atoms with Crippen LogP contribution in [0.2, 0.25) is 0 Å². The average Bonchev–Trinajstić information content (AvgIpc) is 3.41. The molecule has 12 nitrogen and oxygen atoms in total. The number of ketones is 1. The van der Waals surface area contributed by atoms with E-state index >= 15 is 0 Å². The third-order valence-corrected chi connectivity index (χ3v) is 7.54. The zero-order chi connectivity index (χ0) is 33.8. The summed E-state index contributed by atoms with van der Waals surface area (Å²) < 4.78 is 46.9. The Balaban J connectivity index is 1.82. The van der Waals surface area contributed by atoms with Crippen molar-refractivity contribution in [3.63, 3.8) is 0 Å². The molecule has 1 aliphatic rings. The Morgan fingerprint density at radius 3 is 1.91 bits per heavy atom. The Kier molecular flexibility index (Phi) is 12.4. The molecule has 0 aliphatic carbocycles. The van der Waals surface area contributed by atoms with Crippen LogP contribution < -0.4 is 16.0 Å². The van der Waals surface area contributed by atoms with Crippen molar-refractivity contribution in [2.24, 2.45) is 0 Å². The molecular formula is C34H37N3O9S. The van der Waals surface area contributed by atoms with Crippen molar-refractivity contribution in [2.75, 3.05) is 20.0 Å². The van der Waals surface area contributed by atoms with E-state index in [9.17, 15) is 22.8 Å². The van der Waals surface area contributed by atoms with Gasteiger partial charge >= 0.3 is 0 Å². The smallest absolute Gasteiger partial charge is 0.274 e. The van der Waals surface area contributed by atoms with E-state index in [0.29, 0.717) is 0 Å². The maximum absolute atomic E-state index is 13.9. The van der Waals surface area contributed by atoms with Gasteiger partial charge in [0.2, 0.25) is 0 Å². The molecular weight excluding hydrogens is 626 g/mol. The summed E-state index contributed by atoms with van der Waals surface area (Å²) in [5.74, 6) is -1.99. The molecule has 47 heavy (non-hydrogen) atoms. The highest BCUT2D eigenvalue weighted by Gasteiger charge is 2.45. The van der Waals surface area contributed by atoms with E-state index in [2.05, 4.69) is 16.0 Å². The Bertz CT molecular complexity index is 1700. The van der Waals surface area contributed by atoms with Crippen LogP contribution in [0.25, 0.3) is 0 Å². The molecule has 13 heteroatoms. The van der Waals surface area contributed by atoms with Gasteiger partial charge in [-0.05, 0) is 23.3 Å². The minimum absolute atomic E-state index is 0.0747. The SMILES string of the molecule is CO/C=C(\NC(=O)/C(NC(=O)c1ccccc1)=C1\N[C@@H](COS(C)(=O)=O)[C@@H](OCc2ccccc2)[C@@H]1OCc1ccccc1)C(C)=O. The maximum atomic E-state index is 13.9. The fourth-order valence-corrected chi connectivity index (χ4v) is 5.11. The average molecular weight is 664 g/mol. The van der Waals surface area contributed by atoms with Gasteiger partial charge < -0.3 is 30.2 Å². The number of hydrogen-bond acceptors (Lipinski definition) is 10. The topological polar surface area (TPSA) is 158 Å². The summed E-state index contributed by atoms with van der Waals surface area (Å²) in [6.45, 7) is 1.05. The first kappa shape index (κ1) is 35.0. The van der Waals surface area contributed by atoms with Gasteiger partial charge in [-0.15, -0.1) is 0 Å². The third kappa shape index (κ3) is 10.3. The van der Waals surface area contributed by atoms with Gasteiger partial charge in [0.25, 0.3) is 21.9 Å². The summed E-state index contributed by atoms with van der Waals surface area (Å²) in [4.78, 5) is 39.6. The first-order valence-corrected chi connectivity index (χ1v) is 16.4. The Hall–Kier alpha value is -4.82. The normalized spacial score (nSPS) is 19.0. The predicted octanol–water partition coefficient (Wildman–Crippen LogP) is 2.94. The third-order valence-electron chi connectivity index (χ3n) is 6.97. The second-order valence-corrected chi connectivity index (χ2v) is 12.2. The zero-order valence-electron chi connectivity index (χ0n) is 26.2. The van der Waals surface area contributed by atoms with E-state index in [1.165, 1.54) is 14.0 Å². The number of rotatable bonds is 15. The molecule has 0 unspecified atom stereocenters. The molecule has 0 bridgehead atoms. The minimum Gasteiger partial charge on any atom is -0.502 e. The number of carbonyl (C=O) groups is 3. The van der Waals surface area contributed by atoms with Crippen LogP contribution in [0.3, 0.4) is 0 Å². The Morgan fingerprint density at radius 2 is 1.38 bits per heavy atom. The van der Waals surface area contributed by atoms with E-state index in [-0.39, 0.29) is 42.5 Å². The van der Waals surface area contributed by atoms with Crippen molar-refractivity contribution in [3.05, 3.63) is 131 Å². The lowest BCUT2D eigenvalue weighted by molar-refractivity contribution is -0.120. The summed E-state index contributed by atoms with van der Waals surface area (Å²) in [5.41, 5.74) is 1.54. The molecule has 3 atom stereocenters. The summed E-state index contributed by atoms with van der Waals surface area (Å²) in [7, 11) is -2.56. The van der Waals surface area contributed by atoms with Crippen molar-refractivity contribution >= 4 is 27.7 Å². The van der Waals surface area contributed by atoms with Gasteiger partial charge in [-0.25, -0.2) is 0 Å².